The maximum absolute atomic E-state index is 12.8. The normalized spacial score (nSPS) is 17.0. The molecule has 4 nitrogen and oxygen atoms in total. The van der Waals surface area contributed by atoms with E-state index in [0.717, 1.165) is 40.8 Å². The molecule has 1 amide bonds. The van der Waals surface area contributed by atoms with Gasteiger partial charge in [0.1, 0.15) is 9.88 Å². The first-order chi connectivity index (χ1) is 10.6. The highest BCUT2D eigenvalue weighted by molar-refractivity contribution is 7.17. The van der Waals surface area contributed by atoms with Crippen LogP contribution in [0.4, 0.5) is 0 Å². The molecule has 132 valence electrons. The molecule has 0 aliphatic carbocycles. The summed E-state index contributed by atoms with van der Waals surface area (Å²) in [5, 5.41) is 4.82. The Morgan fingerprint density at radius 3 is 2.83 bits per heavy atom. The van der Waals surface area contributed by atoms with Gasteiger partial charge in [-0.15, -0.1) is 36.2 Å². The van der Waals surface area contributed by atoms with Crippen molar-refractivity contribution in [3.63, 3.8) is 0 Å². The Morgan fingerprint density at radius 1 is 1.42 bits per heavy atom. The quantitative estimate of drug-likeness (QED) is 0.815. The van der Waals surface area contributed by atoms with E-state index in [-0.39, 0.29) is 36.8 Å². The van der Waals surface area contributed by atoms with Crippen LogP contribution in [0.3, 0.4) is 0 Å². The molecule has 1 saturated heterocycles. The number of thiazole rings is 1. The van der Waals surface area contributed by atoms with Crippen molar-refractivity contribution >= 4 is 53.7 Å². The standard InChI is InChI=1S/C16H18ClN3OS.2ClH/c1-10-9-18-6-7-20(10)16(21)14-11(2)19-15(22-14)12-4-3-5-13(17)8-12;;/h3-5,8,10,18H,6-7,9H2,1-2H3;2*1H/t10-;;/m1../s1. The summed E-state index contributed by atoms with van der Waals surface area (Å²) in [5.74, 6) is 0.0808. The number of nitrogens with zero attached hydrogens (tertiary/aromatic N) is 2. The topological polar surface area (TPSA) is 45.2 Å². The number of halogens is 3. The van der Waals surface area contributed by atoms with Crippen LogP contribution in [0.5, 0.6) is 0 Å². The first-order valence-electron chi connectivity index (χ1n) is 7.31. The van der Waals surface area contributed by atoms with Crippen molar-refractivity contribution in [2.45, 2.75) is 19.9 Å². The van der Waals surface area contributed by atoms with Crippen LogP contribution in [-0.4, -0.2) is 41.5 Å². The smallest absolute Gasteiger partial charge is 0.266 e. The van der Waals surface area contributed by atoms with Gasteiger partial charge in [0.15, 0.2) is 0 Å². The molecule has 1 N–H and O–H groups in total. The molecule has 0 bridgehead atoms. The maximum atomic E-state index is 12.8. The average Bonchev–Trinajstić information content (AvgIpc) is 2.89. The molecule has 1 aromatic carbocycles. The molecule has 1 aromatic heterocycles. The Bertz CT molecular complexity index is 708. The third kappa shape index (κ3) is 4.41. The van der Waals surface area contributed by atoms with E-state index < -0.39 is 0 Å². The number of nitrogens with one attached hydrogen (secondary N) is 1. The lowest BCUT2D eigenvalue weighted by atomic mass is 10.2. The van der Waals surface area contributed by atoms with Crippen LogP contribution in [0, 0.1) is 6.92 Å². The second-order valence-electron chi connectivity index (χ2n) is 5.50. The summed E-state index contributed by atoms with van der Waals surface area (Å²) in [4.78, 5) is 20.0. The van der Waals surface area contributed by atoms with Gasteiger partial charge >= 0.3 is 0 Å². The van der Waals surface area contributed by atoms with E-state index in [4.69, 9.17) is 11.6 Å². The van der Waals surface area contributed by atoms with E-state index in [1.54, 1.807) is 0 Å². The molecule has 0 unspecified atom stereocenters. The van der Waals surface area contributed by atoms with E-state index in [0.29, 0.717) is 5.02 Å². The van der Waals surface area contributed by atoms with Gasteiger partial charge < -0.3 is 10.2 Å². The van der Waals surface area contributed by atoms with Crippen LogP contribution < -0.4 is 5.32 Å². The number of hydrogen-bond donors (Lipinski definition) is 1. The van der Waals surface area contributed by atoms with Crippen molar-refractivity contribution in [3.8, 4) is 10.6 Å². The number of benzene rings is 1. The van der Waals surface area contributed by atoms with Gasteiger partial charge in [-0.05, 0) is 26.0 Å². The second-order valence-corrected chi connectivity index (χ2v) is 6.93. The number of carbonyl (C=O) groups is 1. The van der Waals surface area contributed by atoms with E-state index in [1.165, 1.54) is 11.3 Å². The van der Waals surface area contributed by atoms with Gasteiger partial charge in [-0.2, -0.15) is 0 Å². The average molecular weight is 409 g/mol. The van der Waals surface area contributed by atoms with Gasteiger partial charge in [0.05, 0.1) is 5.69 Å². The van der Waals surface area contributed by atoms with Crippen LogP contribution in [0.15, 0.2) is 24.3 Å². The minimum Gasteiger partial charge on any atom is -0.333 e. The summed E-state index contributed by atoms with van der Waals surface area (Å²) in [5.41, 5.74) is 1.74. The van der Waals surface area contributed by atoms with Crippen LogP contribution in [-0.2, 0) is 0 Å². The van der Waals surface area contributed by atoms with Gasteiger partial charge in [0.25, 0.3) is 5.91 Å². The van der Waals surface area contributed by atoms with Crippen LogP contribution >= 0.6 is 47.8 Å². The third-order valence-corrected chi connectivity index (χ3v) is 5.25. The first-order valence-corrected chi connectivity index (χ1v) is 8.51. The fourth-order valence-electron chi connectivity index (χ4n) is 2.61. The number of hydrogen-bond acceptors (Lipinski definition) is 4. The van der Waals surface area contributed by atoms with E-state index >= 15 is 0 Å². The monoisotopic (exact) mass is 407 g/mol. The van der Waals surface area contributed by atoms with Crippen molar-refractivity contribution in [1.82, 2.24) is 15.2 Å². The molecular formula is C16H20Cl3N3OS. The van der Waals surface area contributed by atoms with Crippen LogP contribution in [0.1, 0.15) is 22.3 Å². The predicted molar refractivity (Wildman–Crippen MR) is 105 cm³/mol. The number of aryl methyl sites for hydroxylation is 1. The van der Waals surface area contributed by atoms with Crippen molar-refractivity contribution < 1.29 is 4.79 Å². The molecule has 24 heavy (non-hydrogen) atoms. The zero-order valence-electron chi connectivity index (χ0n) is 13.4. The fraction of sp³-hybridized carbons (Fsp3) is 0.375. The van der Waals surface area contributed by atoms with Gasteiger partial charge in [-0.25, -0.2) is 4.98 Å². The molecule has 2 aromatic rings. The van der Waals surface area contributed by atoms with Crippen LogP contribution in [0.2, 0.25) is 5.02 Å². The summed E-state index contributed by atoms with van der Waals surface area (Å²) < 4.78 is 0. The van der Waals surface area contributed by atoms with Crippen molar-refractivity contribution in [1.29, 1.82) is 0 Å². The molecule has 8 heteroatoms. The number of piperazine rings is 1. The molecule has 1 aliphatic rings. The minimum atomic E-state index is 0. The van der Waals surface area contributed by atoms with E-state index in [1.807, 2.05) is 36.1 Å². The first kappa shape index (κ1) is 21.2. The van der Waals surface area contributed by atoms with Crippen molar-refractivity contribution in [3.05, 3.63) is 39.9 Å². The zero-order valence-corrected chi connectivity index (χ0v) is 16.6. The Morgan fingerprint density at radius 2 is 2.17 bits per heavy atom. The lowest BCUT2D eigenvalue weighted by Gasteiger charge is -2.33. The van der Waals surface area contributed by atoms with E-state index in [9.17, 15) is 4.79 Å². The van der Waals surface area contributed by atoms with Gasteiger partial charge in [-0.1, -0.05) is 23.7 Å². The van der Waals surface area contributed by atoms with E-state index in [2.05, 4.69) is 17.2 Å². The third-order valence-electron chi connectivity index (χ3n) is 3.82. The maximum Gasteiger partial charge on any atom is 0.266 e. The highest BCUT2D eigenvalue weighted by Gasteiger charge is 2.27. The SMILES string of the molecule is Cc1nc(-c2cccc(Cl)c2)sc1C(=O)N1CCNC[C@H]1C.Cl.Cl. The molecule has 0 radical (unpaired) electrons. The predicted octanol–water partition coefficient (Wildman–Crippen LogP) is 4.05. The number of carbonyl (C=O) groups excluding carboxylic acids is 1. The summed E-state index contributed by atoms with van der Waals surface area (Å²) in [6.45, 7) is 6.38. The molecular weight excluding hydrogens is 389 g/mol. The van der Waals surface area contributed by atoms with Gasteiger partial charge in [0, 0.05) is 36.3 Å². The molecule has 0 spiro atoms. The Kier molecular flexibility index (Phi) is 7.96. The Hall–Kier alpha value is -0.850. The van der Waals surface area contributed by atoms with Crippen LogP contribution in [0.25, 0.3) is 10.6 Å². The molecule has 1 atom stereocenters. The number of aromatic nitrogens is 1. The zero-order chi connectivity index (χ0) is 15.7. The van der Waals surface area contributed by atoms with Gasteiger partial charge in [-0.3, -0.25) is 4.79 Å². The summed E-state index contributed by atoms with van der Waals surface area (Å²) in [6.07, 6.45) is 0. The summed E-state index contributed by atoms with van der Waals surface area (Å²) in [6, 6.07) is 7.78. The highest BCUT2D eigenvalue weighted by atomic mass is 35.5. The van der Waals surface area contributed by atoms with Crippen molar-refractivity contribution in [2.24, 2.45) is 0 Å². The second kappa shape index (κ2) is 9.02. The Balaban J connectivity index is 0.00000144. The highest BCUT2D eigenvalue weighted by Crippen LogP contribution is 2.30. The molecule has 1 fully saturated rings. The van der Waals surface area contributed by atoms with Crippen molar-refractivity contribution in [2.75, 3.05) is 19.6 Å². The molecule has 3 rings (SSSR count). The molecule has 2 heterocycles. The summed E-state index contributed by atoms with van der Waals surface area (Å²) >= 11 is 7.48. The number of rotatable bonds is 2. The Labute approximate surface area is 163 Å². The summed E-state index contributed by atoms with van der Waals surface area (Å²) in [7, 11) is 0. The lowest BCUT2D eigenvalue weighted by molar-refractivity contribution is 0.0660. The largest absolute Gasteiger partial charge is 0.333 e. The number of amides is 1. The fourth-order valence-corrected chi connectivity index (χ4v) is 3.82. The minimum absolute atomic E-state index is 0. The molecule has 1 aliphatic heterocycles. The molecule has 0 saturated carbocycles. The van der Waals surface area contributed by atoms with Gasteiger partial charge in [0.2, 0.25) is 0 Å². The lowest BCUT2D eigenvalue weighted by Crippen LogP contribution is -2.52.